The number of ether oxygens (including phenoxy) is 1. The first kappa shape index (κ1) is 25.9. The molecule has 2 aromatic rings. The van der Waals surface area contributed by atoms with Crippen LogP contribution < -0.4 is 9.46 Å². The van der Waals surface area contributed by atoms with Gasteiger partial charge in [0.2, 0.25) is 10.0 Å². The van der Waals surface area contributed by atoms with Crippen LogP contribution in [-0.4, -0.2) is 52.6 Å². The monoisotopic (exact) mass is 454 g/mol. The van der Waals surface area contributed by atoms with Crippen molar-refractivity contribution < 1.29 is 17.9 Å². The molecular weight excluding hydrogens is 424 g/mol. The van der Waals surface area contributed by atoms with Crippen molar-refractivity contribution in [3.63, 3.8) is 0 Å². The molecule has 0 aliphatic carbocycles. The van der Waals surface area contributed by atoms with Crippen molar-refractivity contribution in [1.29, 1.82) is 0 Å². The number of anilines is 1. The minimum atomic E-state index is -3.46. The quantitative estimate of drug-likeness (QED) is 0.387. The molecule has 0 saturated heterocycles. The number of sulfonamides is 1. The number of halogens is 1. The van der Waals surface area contributed by atoms with Gasteiger partial charge < -0.3 is 9.64 Å². The summed E-state index contributed by atoms with van der Waals surface area (Å²) in [5, 5.41) is 0. The highest BCUT2D eigenvalue weighted by Crippen LogP contribution is 2.27. The summed E-state index contributed by atoms with van der Waals surface area (Å²) in [6, 6.07) is 15.2. The van der Waals surface area contributed by atoms with Crippen LogP contribution >= 0.6 is 12.4 Å². The Hall–Kier alpha value is -2.09. The molecule has 0 aromatic heterocycles. The van der Waals surface area contributed by atoms with Crippen LogP contribution in [0, 0.1) is 0 Å². The first-order chi connectivity index (χ1) is 13.8. The minimum absolute atomic E-state index is 0. The summed E-state index contributed by atoms with van der Waals surface area (Å²) in [4.78, 5) is 14.8. The van der Waals surface area contributed by atoms with E-state index in [1.165, 1.54) is 18.7 Å². The first-order valence-electron chi connectivity index (χ1n) is 9.70. The number of rotatable bonds is 12. The molecule has 0 bridgehead atoms. The molecule has 0 atom stereocenters. The summed E-state index contributed by atoms with van der Waals surface area (Å²) in [6.07, 6.45) is 4.22. The molecule has 0 aliphatic rings. The van der Waals surface area contributed by atoms with Crippen LogP contribution in [0.2, 0.25) is 0 Å². The Kier molecular flexibility index (Phi) is 10.9. The normalized spacial score (nSPS) is 11.1. The van der Waals surface area contributed by atoms with E-state index in [4.69, 9.17) is 4.74 Å². The zero-order valence-corrected chi connectivity index (χ0v) is 19.4. The molecule has 0 radical (unpaired) electrons. The molecule has 0 spiro atoms. The highest BCUT2D eigenvalue weighted by molar-refractivity contribution is 7.92. The second-order valence-electron chi connectivity index (χ2n) is 7.21. The number of carbonyl (C=O) groups is 1. The van der Waals surface area contributed by atoms with Crippen molar-refractivity contribution in [3.8, 4) is 5.75 Å². The van der Waals surface area contributed by atoms with E-state index in [1.807, 2.05) is 6.07 Å². The van der Waals surface area contributed by atoms with Crippen LogP contribution in [0.4, 0.5) is 5.69 Å². The van der Waals surface area contributed by atoms with Gasteiger partial charge in [0.25, 0.3) is 0 Å². The van der Waals surface area contributed by atoms with E-state index in [0.29, 0.717) is 17.7 Å². The number of benzene rings is 2. The molecule has 8 heteroatoms. The number of hydrogen-bond donors (Lipinski definition) is 1. The standard InChI is InChI=1S/C22H30N2O4S.ClH/c1-24(16-14-18-9-5-4-6-10-18)15-8-7-11-21(25)19-12-13-22(28-2)20(17-19)23-29(3,26)27;/h4-6,9-10,12-13,17,23H,7-8,11,14-16H2,1-3H3;1H. The van der Waals surface area contributed by atoms with Crippen molar-refractivity contribution in [2.45, 2.75) is 25.7 Å². The van der Waals surface area contributed by atoms with E-state index in [9.17, 15) is 13.2 Å². The van der Waals surface area contributed by atoms with Gasteiger partial charge in [0, 0.05) is 18.5 Å². The molecule has 2 rings (SSSR count). The van der Waals surface area contributed by atoms with Gasteiger partial charge in [-0.15, -0.1) is 12.4 Å². The average molecular weight is 455 g/mol. The van der Waals surface area contributed by atoms with E-state index < -0.39 is 10.0 Å². The third-order valence-electron chi connectivity index (χ3n) is 4.64. The van der Waals surface area contributed by atoms with Crippen LogP contribution in [0.25, 0.3) is 0 Å². The van der Waals surface area contributed by atoms with Gasteiger partial charge in [0.1, 0.15) is 5.75 Å². The van der Waals surface area contributed by atoms with Crippen LogP contribution in [0.1, 0.15) is 35.2 Å². The van der Waals surface area contributed by atoms with Gasteiger partial charge in [-0.1, -0.05) is 30.3 Å². The van der Waals surface area contributed by atoms with Crippen LogP contribution in [-0.2, 0) is 16.4 Å². The summed E-state index contributed by atoms with van der Waals surface area (Å²) < 4.78 is 30.6. The molecule has 0 fully saturated rings. The van der Waals surface area contributed by atoms with Gasteiger partial charge >= 0.3 is 0 Å². The first-order valence-corrected chi connectivity index (χ1v) is 11.6. The van der Waals surface area contributed by atoms with E-state index >= 15 is 0 Å². The number of nitrogens with zero attached hydrogens (tertiary/aromatic N) is 1. The summed E-state index contributed by atoms with van der Waals surface area (Å²) in [5.41, 5.74) is 2.09. The molecule has 2 aromatic carbocycles. The van der Waals surface area contributed by atoms with Gasteiger partial charge in [0.05, 0.1) is 19.1 Å². The van der Waals surface area contributed by atoms with E-state index in [2.05, 4.69) is 40.9 Å². The van der Waals surface area contributed by atoms with E-state index in [-0.39, 0.29) is 23.9 Å². The Bertz CT molecular complexity index is 905. The maximum Gasteiger partial charge on any atom is 0.229 e. The van der Waals surface area contributed by atoms with Crippen molar-refractivity contribution >= 4 is 33.9 Å². The predicted molar refractivity (Wildman–Crippen MR) is 125 cm³/mol. The highest BCUT2D eigenvalue weighted by atomic mass is 35.5. The van der Waals surface area contributed by atoms with Crippen LogP contribution in [0.3, 0.4) is 0 Å². The molecule has 1 N–H and O–H groups in total. The second kappa shape index (κ2) is 12.6. The van der Waals surface area contributed by atoms with Crippen LogP contribution in [0.15, 0.2) is 48.5 Å². The molecule has 0 amide bonds. The third-order valence-corrected chi connectivity index (χ3v) is 5.23. The molecule has 166 valence electrons. The predicted octanol–water partition coefficient (Wildman–Crippen LogP) is 4.02. The fourth-order valence-electron chi connectivity index (χ4n) is 3.05. The Balaban J connectivity index is 0.00000450. The molecular formula is C22H31ClN2O4S. The topological polar surface area (TPSA) is 75.7 Å². The lowest BCUT2D eigenvalue weighted by molar-refractivity contribution is 0.0978. The lowest BCUT2D eigenvalue weighted by atomic mass is 10.0. The number of hydrogen-bond acceptors (Lipinski definition) is 5. The second-order valence-corrected chi connectivity index (χ2v) is 8.96. The Labute approximate surface area is 186 Å². The van der Waals surface area contributed by atoms with E-state index in [0.717, 1.165) is 38.6 Å². The Morgan fingerprint density at radius 2 is 1.77 bits per heavy atom. The minimum Gasteiger partial charge on any atom is -0.495 e. The van der Waals surface area contributed by atoms with Crippen molar-refractivity contribution in [1.82, 2.24) is 4.90 Å². The largest absolute Gasteiger partial charge is 0.495 e. The molecule has 0 unspecified atom stereocenters. The molecule has 0 aliphatic heterocycles. The van der Waals surface area contributed by atoms with Gasteiger partial charge in [-0.2, -0.15) is 0 Å². The van der Waals surface area contributed by atoms with Gasteiger partial charge in [0.15, 0.2) is 5.78 Å². The molecule has 0 heterocycles. The summed E-state index contributed by atoms with van der Waals surface area (Å²) >= 11 is 0. The lowest BCUT2D eigenvalue weighted by Gasteiger charge is -2.16. The number of Topliss-reactive ketones (excluding diaryl/α,β-unsaturated/α-hetero) is 1. The Morgan fingerprint density at radius 3 is 2.40 bits per heavy atom. The molecule has 0 saturated carbocycles. The zero-order chi connectivity index (χ0) is 21.3. The SMILES string of the molecule is COc1ccc(C(=O)CCCCN(C)CCc2ccccc2)cc1NS(C)(=O)=O.Cl. The average Bonchev–Trinajstić information content (AvgIpc) is 2.69. The number of methoxy groups -OCH3 is 1. The van der Waals surface area contributed by atoms with Crippen molar-refractivity contribution in [2.24, 2.45) is 0 Å². The maximum absolute atomic E-state index is 12.5. The van der Waals surface area contributed by atoms with Crippen LogP contribution in [0.5, 0.6) is 5.75 Å². The third kappa shape index (κ3) is 9.15. The fraction of sp³-hybridized carbons (Fsp3) is 0.409. The van der Waals surface area contributed by atoms with Gasteiger partial charge in [-0.25, -0.2) is 8.42 Å². The summed E-state index contributed by atoms with van der Waals surface area (Å²) in [5.74, 6) is 0.378. The van der Waals surface area contributed by atoms with Crippen molar-refractivity contribution in [2.75, 3.05) is 38.2 Å². The summed E-state index contributed by atoms with van der Waals surface area (Å²) in [7, 11) is 0.0964. The number of nitrogens with one attached hydrogen (secondary N) is 1. The number of carbonyl (C=O) groups excluding carboxylic acids is 1. The zero-order valence-electron chi connectivity index (χ0n) is 17.8. The van der Waals surface area contributed by atoms with E-state index in [1.54, 1.807) is 12.1 Å². The number of ketones is 1. The number of likely N-dealkylation sites (N-methyl/N-ethyl adjacent to an activating group) is 1. The lowest BCUT2D eigenvalue weighted by Crippen LogP contribution is -2.22. The molecule has 30 heavy (non-hydrogen) atoms. The number of unbranched alkanes of at least 4 members (excludes halogenated alkanes) is 1. The van der Waals surface area contributed by atoms with Gasteiger partial charge in [-0.3, -0.25) is 9.52 Å². The summed E-state index contributed by atoms with van der Waals surface area (Å²) in [6.45, 7) is 1.92. The smallest absolute Gasteiger partial charge is 0.229 e. The fourth-order valence-corrected chi connectivity index (χ4v) is 3.61. The maximum atomic E-state index is 12.5. The molecule has 6 nitrogen and oxygen atoms in total. The van der Waals surface area contributed by atoms with Gasteiger partial charge in [-0.05, 0) is 56.6 Å². The highest BCUT2D eigenvalue weighted by Gasteiger charge is 2.13. The van der Waals surface area contributed by atoms with Crippen molar-refractivity contribution in [3.05, 3.63) is 59.7 Å². The Morgan fingerprint density at radius 1 is 1.07 bits per heavy atom.